The predicted molar refractivity (Wildman–Crippen MR) is 112 cm³/mol. The molecule has 0 aliphatic rings. The molecule has 0 atom stereocenters. The van der Waals surface area contributed by atoms with Gasteiger partial charge in [0.25, 0.3) is 0 Å². The van der Waals surface area contributed by atoms with Crippen LogP contribution in [-0.2, 0) is 13.2 Å². The molecule has 1 heterocycles. The van der Waals surface area contributed by atoms with Crippen LogP contribution in [0.2, 0.25) is 5.02 Å². The monoisotopic (exact) mass is 468 g/mol. The predicted octanol–water partition coefficient (Wildman–Crippen LogP) is 5.08. The van der Waals surface area contributed by atoms with Crippen molar-refractivity contribution in [3.63, 3.8) is 0 Å². The van der Waals surface area contributed by atoms with Gasteiger partial charge in [-0.15, -0.1) is 0 Å². The van der Waals surface area contributed by atoms with Crippen molar-refractivity contribution in [1.82, 2.24) is 14.9 Å². The average Bonchev–Trinajstić information content (AvgIpc) is 3.07. The van der Waals surface area contributed by atoms with Gasteiger partial charge in [0.05, 0.1) is 13.2 Å². The highest BCUT2D eigenvalue weighted by Gasteiger charge is 2.12. The highest BCUT2D eigenvalue weighted by Crippen LogP contribution is 2.34. The molecule has 0 spiro atoms. The lowest BCUT2D eigenvalue weighted by Gasteiger charge is -2.16. The Bertz CT molecular complexity index is 959. The molecule has 2 N–H and O–H groups in total. The van der Waals surface area contributed by atoms with E-state index in [9.17, 15) is 0 Å². The van der Waals surface area contributed by atoms with Gasteiger partial charge in [0.1, 0.15) is 12.9 Å². The van der Waals surface area contributed by atoms with Gasteiger partial charge < -0.3 is 14.9 Å². The first-order valence-corrected chi connectivity index (χ1v) is 9.83. The number of halogens is 2. The number of nitrogens with one attached hydrogen (secondary N) is 2. The third-order valence-electron chi connectivity index (χ3n) is 3.71. The molecule has 142 valence electrons. The smallest absolute Gasteiger partial charge is 0.214 e. The van der Waals surface area contributed by atoms with Gasteiger partial charge in [-0.3, -0.25) is 5.10 Å². The fourth-order valence-electron chi connectivity index (χ4n) is 2.37. The van der Waals surface area contributed by atoms with Crippen molar-refractivity contribution in [1.29, 1.82) is 0 Å². The molecule has 3 rings (SSSR count). The molecule has 2 aromatic carbocycles. The maximum absolute atomic E-state index is 5.97. The maximum Gasteiger partial charge on any atom is 0.214 e. The van der Waals surface area contributed by atoms with E-state index in [-0.39, 0.29) is 0 Å². The summed E-state index contributed by atoms with van der Waals surface area (Å²) in [5, 5.41) is 7.28. The summed E-state index contributed by atoms with van der Waals surface area (Å²) in [7, 11) is 0. The minimum Gasteiger partial charge on any atom is -0.490 e. The van der Waals surface area contributed by atoms with Crippen molar-refractivity contribution < 1.29 is 9.47 Å². The molecule has 0 amide bonds. The first-order chi connectivity index (χ1) is 13.1. The lowest BCUT2D eigenvalue weighted by molar-refractivity contribution is 0.269. The number of rotatable bonds is 8. The van der Waals surface area contributed by atoms with Gasteiger partial charge in [-0.05, 0) is 54.5 Å². The SMILES string of the molecule is CCOc1cc(CNn2cn[nH]c2=S)c(Br)cc1OCc1ccc(Cl)cc1. The summed E-state index contributed by atoms with van der Waals surface area (Å²) in [5.74, 6) is 1.35. The van der Waals surface area contributed by atoms with E-state index in [0.717, 1.165) is 15.6 Å². The summed E-state index contributed by atoms with van der Waals surface area (Å²) in [5.41, 5.74) is 5.21. The molecule has 0 unspecified atom stereocenters. The number of aromatic nitrogens is 3. The van der Waals surface area contributed by atoms with Gasteiger partial charge in [-0.25, -0.2) is 4.68 Å². The normalized spacial score (nSPS) is 10.6. The Labute approximate surface area is 175 Å². The number of benzene rings is 2. The summed E-state index contributed by atoms with van der Waals surface area (Å²) >= 11 is 14.7. The Balaban J connectivity index is 1.75. The molecule has 0 saturated carbocycles. The van der Waals surface area contributed by atoms with Gasteiger partial charge >= 0.3 is 0 Å². The van der Waals surface area contributed by atoms with Crippen molar-refractivity contribution in [2.24, 2.45) is 0 Å². The number of aromatic amines is 1. The Morgan fingerprint density at radius 3 is 2.63 bits per heavy atom. The molecule has 0 bridgehead atoms. The average molecular weight is 470 g/mol. The lowest BCUT2D eigenvalue weighted by atomic mass is 10.2. The molecule has 0 fully saturated rings. The fraction of sp³-hybridized carbons (Fsp3) is 0.222. The van der Waals surface area contributed by atoms with Crippen LogP contribution < -0.4 is 14.9 Å². The van der Waals surface area contributed by atoms with Gasteiger partial charge in [-0.2, -0.15) is 5.10 Å². The van der Waals surface area contributed by atoms with Crippen LogP contribution in [0.15, 0.2) is 47.2 Å². The number of hydrogen-bond donors (Lipinski definition) is 2. The topological polar surface area (TPSA) is 64.1 Å². The Hall–Kier alpha value is -2.03. The van der Waals surface area contributed by atoms with E-state index in [1.807, 2.05) is 43.3 Å². The van der Waals surface area contributed by atoms with E-state index < -0.39 is 0 Å². The number of hydrogen-bond acceptors (Lipinski definition) is 5. The molecular weight excluding hydrogens is 452 g/mol. The molecule has 1 aromatic heterocycles. The summed E-state index contributed by atoms with van der Waals surface area (Å²) in [6, 6.07) is 11.4. The minimum atomic E-state index is 0.422. The molecule has 3 aromatic rings. The lowest BCUT2D eigenvalue weighted by Crippen LogP contribution is -2.14. The zero-order chi connectivity index (χ0) is 19.2. The quantitative estimate of drug-likeness (QED) is 0.451. The summed E-state index contributed by atoms with van der Waals surface area (Å²) in [4.78, 5) is 0. The van der Waals surface area contributed by atoms with Crippen LogP contribution in [0.3, 0.4) is 0 Å². The number of nitrogens with zero attached hydrogens (tertiary/aromatic N) is 2. The first kappa shape index (κ1) is 19.7. The second kappa shape index (κ2) is 9.25. The highest BCUT2D eigenvalue weighted by atomic mass is 79.9. The fourth-order valence-corrected chi connectivity index (χ4v) is 3.12. The van der Waals surface area contributed by atoms with Gasteiger partial charge in [0.15, 0.2) is 11.5 Å². The van der Waals surface area contributed by atoms with Crippen LogP contribution in [0.4, 0.5) is 0 Å². The second-order valence-corrected chi connectivity index (χ2v) is 7.28. The molecule has 6 nitrogen and oxygen atoms in total. The van der Waals surface area contributed by atoms with E-state index in [0.29, 0.717) is 41.1 Å². The standard InChI is InChI=1S/C18H18BrClN4O2S/c1-2-25-16-7-13(9-22-24-11-21-23-18(24)27)15(19)8-17(16)26-10-12-3-5-14(20)6-4-12/h3-8,11,22H,2,9-10H2,1H3,(H,23,27). The molecule has 0 aliphatic heterocycles. The molecular formula is C18H18BrClN4O2S. The van der Waals surface area contributed by atoms with Crippen LogP contribution >= 0.6 is 39.7 Å². The van der Waals surface area contributed by atoms with Crippen LogP contribution in [0.25, 0.3) is 0 Å². The third-order valence-corrected chi connectivity index (χ3v) is 4.99. The maximum atomic E-state index is 5.97. The van der Waals surface area contributed by atoms with E-state index in [1.165, 1.54) is 0 Å². The van der Waals surface area contributed by atoms with E-state index in [1.54, 1.807) is 11.0 Å². The highest BCUT2D eigenvalue weighted by molar-refractivity contribution is 9.10. The molecule has 9 heteroatoms. The van der Waals surface area contributed by atoms with Crippen LogP contribution in [0.1, 0.15) is 18.1 Å². The van der Waals surface area contributed by atoms with Crippen molar-refractivity contribution in [3.05, 3.63) is 68.1 Å². The van der Waals surface area contributed by atoms with Crippen LogP contribution in [0, 0.1) is 4.77 Å². The zero-order valence-corrected chi connectivity index (χ0v) is 17.7. The van der Waals surface area contributed by atoms with Gasteiger partial charge in [0, 0.05) is 9.50 Å². The first-order valence-electron chi connectivity index (χ1n) is 8.25. The van der Waals surface area contributed by atoms with Crippen LogP contribution in [-0.4, -0.2) is 21.5 Å². The molecule has 0 aliphatic carbocycles. The van der Waals surface area contributed by atoms with E-state index in [4.69, 9.17) is 33.3 Å². The molecule has 0 saturated heterocycles. The van der Waals surface area contributed by atoms with Crippen molar-refractivity contribution in [3.8, 4) is 11.5 Å². The van der Waals surface area contributed by atoms with Crippen molar-refractivity contribution >= 4 is 39.7 Å². The van der Waals surface area contributed by atoms with E-state index >= 15 is 0 Å². The van der Waals surface area contributed by atoms with Crippen LogP contribution in [0.5, 0.6) is 11.5 Å². The van der Waals surface area contributed by atoms with Gasteiger partial charge in [0.2, 0.25) is 4.77 Å². The van der Waals surface area contributed by atoms with Crippen molar-refractivity contribution in [2.75, 3.05) is 12.0 Å². The number of H-pyrrole nitrogens is 1. The third kappa shape index (κ3) is 5.24. The summed E-state index contributed by atoms with van der Waals surface area (Å²) in [6.07, 6.45) is 1.59. The zero-order valence-electron chi connectivity index (χ0n) is 14.5. The largest absolute Gasteiger partial charge is 0.490 e. The van der Waals surface area contributed by atoms with E-state index in [2.05, 4.69) is 31.6 Å². The Morgan fingerprint density at radius 1 is 1.22 bits per heavy atom. The van der Waals surface area contributed by atoms with Crippen molar-refractivity contribution in [2.45, 2.75) is 20.1 Å². The summed E-state index contributed by atoms with van der Waals surface area (Å²) in [6.45, 7) is 3.43. The van der Waals surface area contributed by atoms with Gasteiger partial charge in [-0.1, -0.05) is 39.7 Å². The Kier molecular flexibility index (Phi) is 6.76. The second-order valence-electron chi connectivity index (χ2n) is 5.60. The molecule has 0 radical (unpaired) electrons. The summed E-state index contributed by atoms with van der Waals surface area (Å²) < 4.78 is 14.8. The minimum absolute atomic E-state index is 0.422. The Morgan fingerprint density at radius 2 is 1.96 bits per heavy atom. The number of ether oxygens (including phenoxy) is 2. The molecule has 27 heavy (non-hydrogen) atoms.